The molecule has 0 saturated heterocycles. The molecule has 2 nitrogen and oxygen atoms in total. The van der Waals surface area contributed by atoms with Gasteiger partial charge in [-0.1, -0.05) is 6.08 Å². The summed E-state index contributed by atoms with van der Waals surface area (Å²) in [6.45, 7) is 3.82. The summed E-state index contributed by atoms with van der Waals surface area (Å²) in [6.07, 6.45) is 6.28. The Labute approximate surface area is 48.6 Å². The van der Waals surface area contributed by atoms with Crippen LogP contribution in [-0.4, -0.2) is 12.5 Å². The third-order valence-electron chi connectivity index (χ3n) is 0.538. The van der Waals surface area contributed by atoms with Crippen molar-refractivity contribution >= 4 is 5.91 Å². The smallest absolute Gasteiger partial charge is 0.295 e. The molecule has 0 aromatic heterocycles. The first-order valence-electron chi connectivity index (χ1n) is 2.16. The molecule has 1 N–H and O–H groups in total. The SMILES string of the molecule is C#CC(=O)NCC=C. The molecule has 0 aromatic carbocycles. The number of terminal acetylenes is 1. The molecule has 0 atom stereocenters. The Morgan fingerprint density at radius 3 is 3.00 bits per heavy atom. The molecule has 0 aliphatic carbocycles. The Morgan fingerprint density at radius 1 is 2.00 bits per heavy atom. The van der Waals surface area contributed by atoms with Crippen molar-refractivity contribution < 1.29 is 4.79 Å². The van der Waals surface area contributed by atoms with Crippen molar-refractivity contribution in [1.29, 1.82) is 0 Å². The van der Waals surface area contributed by atoms with Crippen molar-refractivity contribution in [3.63, 3.8) is 0 Å². The highest BCUT2D eigenvalue weighted by atomic mass is 16.1. The highest BCUT2D eigenvalue weighted by Gasteiger charge is 1.86. The molecule has 0 radical (unpaired) electrons. The fourth-order valence-corrected chi connectivity index (χ4v) is 0.216. The summed E-state index contributed by atoms with van der Waals surface area (Å²) in [6, 6.07) is 0. The van der Waals surface area contributed by atoms with Crippen molar-refractivity contribution in [3.05, 3.63) is 12.7 Å². The number of carbonyl (C=O) groups is 1. The highest BCUT2D eigenvalue weighted by Crippen LogP contribution is 1.60. The first-order valence-corrected chi connectivity index (χ1v) is 2.16. The third kappa shape index (κ3) is 2.98. The van der Waals surface area contributed by atoms with E-state index < -0.39 is 5.91 Å². The summed E-state index contributed by atoms with van der Waals surface area (Å²) < 4.78 is 0. The van der Waals surface area contributed by atoms with Crippen LogP contribution >= 0.6 is 0 Å². The fraction of sp³-hybridized carbons (Fsp3) is 0.167. The lowest BCUT2D eigenvalue weighted by molar-refractivity contribution is -0.115. The number of hydrogen-bond acceptors (Lipinski definition) is 1. The maximum Gasteiger partial charge on any atom is 0.295 e. The predicted octanol–water partition coefficient (Wildman–Crippen LogP) is -0.0782. The van der Waals surface area contributed by atoms with Gasteiger partial charge in [-0.25, -0.2) is 0 Å². The first kappa shape index (κ1) is 6.77. The zero-order valence-electron chi connectivity index (χ0n) is 4.48. The minimum absolute atomic E-state index is 0.398. The van der Waals surface area contributed by atoms with Gasteiger partial charge in [0.1, 0.15) is 0 Å². The molecule has 0 aliphatic heterocycles. The van der Waals surface area contributed by atoms with Gasteiger partial charge < -0.3 is 5.32 Å². The molecule has 0 unspecified atom stereocenters. The molecule has 0 rings (SSSR count). The summed E-state index contributed by atoms with van der Waals surface area (Å²) in [4.78, 5) is 10.2. The second-order valence-corrected chi connectivity index (χ2v) is 1.14. The molecular formula is C6H7NO. The second kappa shape index (κ2) is 3.94. The molecule has 0 spiro atoms. The molecule has 0 heterocycles. The standard InChI is InChI=1S/C6H7NO/c1-3-5-7-6(8)4-2/h2-3H,1,5H2,(H,7,8). The molecule has 0 saturated carbocycles. The van der Waals surface area contributed by atoms with Crippen LogP contribution < -0.4 is 5.32 Å². The summed E-state index contributed by atoms with van der Waals surface area (Å²) in [7, 11) is 0. The summed E-state index contributed by atoms with van der Waals surface area (Å²) >= 11 is 0. The van der Waals surface area contributed by atoms with E-state index in [9.17, 15) is 4.79 Å². The maximum absolute atomic E-state index is 10.2. The normalized spacial score (nSPS) is 6.88. The molecule has 0 aromatic rings. The average molecular weight is 109 g/mol. The Balaban J connectivity index is 3.29. The lowest BCUT2D eigenvalue weighted by Gasteiger charge is -1.89. The van der Waals surface area contributed by atoms with Gasteiger partial charge in [0.2, 0.25) is 0 Å². The van der Waals surface area contributed by atoms with Gasteiger partial charge in [0.05, 0.1) is 0 Å². The Morgan fingerprint density at radius 2 is 2.62 bits per heavy atom. The van der Waals surface area contributed by atoms with Crippen LogP contribution in [0.15, 0.2) is 12.7 Å². The van der Waals surface area contributed by atoms with Gasteiger partial charge in [-0.3, -0.25) is 4.79 Å². The lowest BCUT2D eigenvalue weighted by atomic mass is 10.5. The van der Waals surface area contributed by atoms with Crippen molar-refractivity contribution in [3.8, 4) is 12.3 Å². The van der Waals surface area contributed by atoms with Crippen LogP contribution in [0.3, 0.4) is 0 Å². The lowest BCUT2D eigenvalue weighted by Crippen LogP contribution is -2.20. The van der Waals surface area contributed by atoms with Crippen LogP contribution in [0.1, 0.15) is 0 Å². The van der Waals surface area contributed by atoms with E-state index in [-0.39, 0.29) is 0 Å². The van der Waals surface area contributed by atoms with Crippen LogP contribution in [-0.2, 0) is 4.79 Å². The largest absolute Gasteiger partial charge is 0.342 e. The molecule has 8 heavy (non-hydrogen) atoms. The quantitative estimate of drug-likeness (QED) is 0.390. The fourth-order valence-electron chi connectivity index (χ4n) is 0.216. The van der Waals surface area contributed by atoms with E-state index in [0.717, 1.165) is 0 Å². The Hall–Kier alpha value is -1.23. The highest BCUT2D eigenvalue weighted by molar-refractivity contribution is 5.92. The number of carbonyl (C=O) groups excluding carboxylic acids is 1. The molecule has 0 aliphatic rings. The summed E-state index contributed by atoms with van der Waals surface area (Å²) in [5, 5.41) is 2.39. The predicted molar refractivity (Wildman–Crippen MR) is 32.0 cm³/mol. The van der Waals surface area contributed by atoms with Crippen molar-refractivity contribution in [1.82, 2.24) is 5.32 Å². The zero-order valence-corrected chi connectivity index (χ0v) is 4.48. The van der Waals surface area contributed by atoms with Crippen LogP contribution in [0.5, 0.6) is 0 Å². The van der Waals surface area contributed by atoms with E-state index in [0.29, 0.717) is 6.54 Å². The van der Waals surface area contributed by atoms with E-state index in [1.54, 1.807) is 6.08 Å². The van der Waals surface area contributed by atoms with E-state index >= 15 is 0 Å². The molecule has 1 amide bonds. The van der Waals surface area contributed by atoms with Gasteiger partial charge in [0, 0.05) is 6.54 Å². The number of rotatable bonds is 2. The number of nitrogens with one attached hydrogen (secondary N) is 1. The van der Waals surface area contributed by atoms with Crippen LogP contribution in [0.4, 0.5) is 0 Å². The molecule has 42 valence electrons. The molecule has 2 heteroatoms. The molecule has 0 bridgehead atoms. The number of hydrogen-bond donors (Lipinski definition) is 1. The van der Waals surface area contributed by atoms with E-state index in [4.69, 9.17) is 6.42 Å². The monoisotopic (exact) mass is 109 g/mol. The minimum Gasteiger partial charge on any atom is -0.342 e. The Kier molecular flexibility index (Phi) is 3.34. The zero-order chi connectivity index (χ0) is 6.41. The van der Waals surface area contributed by atoms with Crippen molar-refractivity contribution in [2.75, 3.05) is 6.54 Å². The molecular weight excluding hydrogens is 102 g/mol. The van der Waals surface area contributed by atoms with Gasteiger partial charge in [-0.05, 0) is 5.92 Å². The number of amides is 1. The summed E-state index contributed by atoms with van der Waals surface area (Å²) in [5.41, 5.74) is 0. The Bertz CT molecular complexity index is 132. The van der Waals surface area contributed by atoms with Crippen LogP contribution in [0.25, 0.3) is 0 Å². The van der Waals surface area contributed by atoms with Gasteiger partial charge >= 0.3 is 0 Å². The average Bonchev–Trinajstić information content (AvgIpc) is 1.83. The van der Waals surface area contributed by atoms with Crippen LogP contribution in [0.2, 0.25) is 0 Å². The van der Waals surface area contributed by atoms with Gasteiger partial charge in [0.15, 0.2) is 0 Å². The van der Waals surface area contributed by atoms with Crippen molar-refractivity contribution in [2.45, 2.75) is 0 Å². The summed E-state index contributed by atoms with van der Waals surface area (Å²) in [5.74, 6) is 1.50. The van der Waals surface area contributed by atoms with Gasteiger partial charge in [-0.2, -0.15) is 0 Å². The van der Waals surface area contributed by atoms with E-state index in [1.807, 2.05) is 5.92 Å². The maximum atomic E-state index is 10.2. The first-order chi connectivity index (χ1) is 3.81. The van der Waals surface area contributed by atoms with E-state index in [1.165, 1.54) is 0 Å². The van der Waals surface area contributed by atoms with E-state index in [2.05, 4.69) is 11.9 Å². The van der Waals surface area contributed by atoms with Gasteiger partial charge in [0.25, 0.3) is 5.91 Å². The topological polar surface area (TPSA) is 29.1 Å². The molecule has 0 fully saturated rings. The van der Waals surface area contributed by atoms with Crippen LogP contribution in [0, 0.1) is 12.3 Å². The third-order valence-corrected chi connectivity index (χ3v) is 0.538. The van der Waals surface area contributed by atoms with Crippen molar-refractivity contribution in [2.24, 2.45) is 0 Å². The minimum atomic E-state index is -0.398. The second-order valence-electron chi connectivity index (χ2n) is 1.14. The van der Waals surface area contributed by atoms with Gasteiger partial charge in [-0.15, -0.1) is 13.0 Å².